The van der Waals surface area contributed by atoms with E-state index in [1.54, 1.807) is 0 Å². The standard InChI is InChI=1S/C20H20N2O2S/c1-4-24-16-10-8-15(9-11-16)12-18-19(23)22-20(25-18)21-17-7-5-6-13(2)14(17)3/h5-12H,4H2,1-3H3,(H,21,22,23)/b18-12+. The van der Waals surface area contributed by atoms with Gasteiger partial charge in [0.1, 0.15) is 5.75 Å². The molecule has 0 atom stereocenters. The topological polar surface area (TPSA) is 50.7 Å². The lowest BCUT2D eigenvalue weighted by molar-refractivity contribution is -0.115. The summed E-state index contributed by atoms with van der Waals surface area (Å²) < 4.78 is 5.43. The molecule has 1 saturated heterocycles. The first-order chi connectivity index (χ1) is 12.1. The van der Waals surface area contributed by atoms with E-state index in [9.17, 15) is 4.79 Å². The van der Waals surface area contributed by atoms with Crippen LogP contribution < -0.4 is 10.1 Å². The summed E-state index contributed by atoms with van der Waals surface area (Å²) in [4.78, 5) is 17.4. The van der Waals surface area contributed by atoms with Crippen LogP contribution in [-0.4, -0.2) is 17.7 Å². The highest BCUT2D eigenvalue weighted by atomic mass is 32.2. The number of amides is 1. The fraction of sp³-hybridized carbons (Fsp3) is 0.200. The maximum Gasteiger partial charge on any atom is 0.264 e. The van der Waals surface area contributed by atoms with Gasteiger partial charge in [0.25, 0.3) is 5.91 Å². The van der Waals surface area contributed by atoms with E-state index in [2.05, 4.69) is 23.3 Å². The SMILES string of the molecule is CCOc1ccc(/C=C2/SC(=Nc3cccc(C)c3C)NC2=O)cc1. The van der Waals surface area contributed by atoms with E-state index in [1.165, 1.54) is 17.3 Å². The molecule has 0 bridgehead atoms. The molecule has 2 aromatic rings. The number of ether oxygens (including phenoxy) is 1. The third-order valence-corrected chi connectivity index (χ3v) is 4.85. The number of hydrogen-bond acceptors (Lipinski definition) is 4. The Kier molecular flexibility index (Phi) is 5.24. The van der Waals surface area contributed by atoms with E-state index in [0.29, 0.717) is 16.7 Å². The second-order valence-corrected chi connectivity index (χ2v) is 6.73. The first-order valence-electron chi connectivity index (χ1n) is 8.15. The van der Waals surface area contributed by atoms with E-state index < -0.39 is 0 Å². The smallest absolute Gasteiger partial charge is 0.264 e. The highest BCUT2D eigenvalue weighted by Gasteiger charge is 2.24. The van der Waals surface area contributed by atoms with Crippen molar-refractivity contribution in [1.82, 2.24) is 5.32 Å². The Bertz CT molecular complexity index is 854. The molecule has 1 amide bonds. The van der Waals surface area contributed by atoms with Crippen LogP contribution in [0.2, 0.25) is 0 Å². The summed E-state index contributed by atoms with van der Waals surface area (Å²) in [5, 5.41) is 3.44. The zero-order valence-electron chi connectivity index (χ0n) is 14.5. The average Bonchev–Trinajstić information content (AvgIpc) is 2.93. The molecule has 0 aliphatic carbocycles. The van der Waals surface area contributed by atoms with Crippen molar-refractivity contribution in [2.75, 3.05) is 6.61 Å². The molecule has 0 radical (unpaired) electrons. The summed E-state index contributed by atoms with van der Waals surface area (Å²) in [6, 6.07) is 13.7. The summed E-state index contributed by atoms with van der Waals surface area (Å²) in [5.41, 5.74) is 4.13. The Labute approximate surface area is 152 Å². The van der Waals surface area contributed by atoms with E-state index in [1.807, 2.05) is 56.3 Å². The number of carbonyl (C=O) groups excluding carboxylic acids is 1. The maximum absolute atomic E-state index is 12.2. The molecule has 0 saturated carbocycles. The number of nitrogens with one attached hydrogen (secondary N) is 1. The van der Waals surface area contributed by atoms with Crippen molar-refractivity contribution < 1.29 is 9.53 Å². The van der Waals surface area contributed by atoms with Crippen molar-refractivity contribution in [3.8, 4) is 5.75 Å². The van der Waals surface area contributed by atoms with Crippen LogP contribution in [0.1, 0.15) is 23.6 Å². The number of rotatable bonds is 4. The number of benzene rings is 2. The van der Waals surface area contributed by atoms with Crippen molar-refractivity contribution in [3.63, 3.8) is 0 Å². The number of amidine groups is 1. The zero-order chi connectivity index (χ0) is 17.8. The molecule has 4 nitrogen and oxygen atoms in total. The molecular formula is C20H20N2O2S. The van der Waals surface area contributed by atoms with Crippen molar-refractivity contribution in [2.24, 2.45) is 4.99 Å². The first kappa shape index (κ1) is 17.3. The van der Waals surface area contributed by atoms with Gasteiger partial charge in [0.05, 0.1) is 17.2 Å². The van der Waals surface area contributed by atoms with E-state index in [-0.39, 0.29) is 5.91 Å². The van der Waals surface area contributed by atoms with Gasteiger partial charge in [0.15, 0.2) is 5.17 Å². The van der Waals surface area contributed by atoms with E-state index in [0.717, 1.165) is 22.6 Å². The van der Waals surface area contributed by atoms with Crippen LogP contribution in [0.3, 0.4) is 0 Å². The number of hydrogen-bond donors (Lipinski definition) is 1. The lowest BCUT2D eigenvalue weighted by Gasteiger charge is -2.04. The molecule has 0 aromatic heterocycles. The number of aliphatic imine (C=N–C) groups is 1. The van der Waals surface area contributed by atoms with Crippen LogP contribution in [0, 0.1) is 13.8 Å². The minimum atomic E-state index is -0.122. The van der Waals surface area contributed by atoms with Gasteiger partial charge in [0, 0.05) is 0 Å². The van der Waals surface area contributed by atoms with Crippen LogP contribution in [0.5, 0.6) is 5.75 Å². The lowest BCUT2D eigenvalue weighted by Crippen LogP contribution is -2.19. The fourth-order valence-electron chi connectivity index (χ4n) is 2.42. The summed E-state index contributed by atoms with van der Waals surface area (Å²) in [5.74, 6) is 0.702. The summed E-state index contributed by atoms with van der Waals surface area (Å²) in [6.07, 6.45) is 1.86. The van der Waals surface area contributed by atoms with Crippen LogP contribution in [0.4, 0.5) is 5.69 Å². The Morgan fingerprint density at radius 3 is 2.64 bits per heavy atom. The predicted octanol–water partition coefficient (Wildman–Crippen LogP) is 4.59. The van der Waals surface area contributed by atoms with Gasteiger partial charge in [-0.05, 0) is 73.5 Å². The molecule has 1 aliphatic rings. The second-order valence-electron chi connectivity index (χ2n) is 5.70. The van der Waals surface area contributed by atoms with Crippen molar-refractivity contribution in [2.45, 2.75) is 20.8 Å². The number of aryl methyl sites for hydroxylation is 1. The van der Waals surface area contributed by atoms with Crippen LogP contribution in [-0.2, 0) is 4.79 Å². The minimum Gasteiger partial charge on any atom is -0.494 e. The van der Waals surface area contributed by atoms with Gasteiger partial charge in [-0.25, -0.2) is 4.99 Å². The molecule has 1 heterocycles. The minimum absolute atomic E-state index is 0.122. The Balaban J connectivity index is 1.80. The Morgan fingerprint density at radius 1 is 1.16 bits per heavy atom. The van der Waals surface area contributed by atoms with Crippen LogP contribution in [0.15, 0.2) is 52.4 Å². The number of carbonyl (C=O) groups is 1. The normalized spacial score (nSPS) is 17.2. The van der Waals surface area contributed by atoms with Gasteiger partial charge >= 0.3 is 0 Å². The van der Waals surface area contributed by atoms with Gasteiger partial charge in [0.2, 0.25) is 0 Å². The molecule has 128 valence electrons. The number of nitrogens with zero attached hydrogens (tertiary/aromatic N) is 1. The van der Waals surface area contributed by atoms with Gasteiger partial charge in [-0.2, -0.15) is 0 Å². The van der Waals surface area contributed by atoms with Gasteiger partial charge in [-0.15, -0.1) is 0 Å². The zero-order valence-corrected chi connectivity index (χ0v) is 15.3. The Hall–Kier alpha value is -2.53. The molecule has 1 N–H and O–H groups in total. The van der Waals surface area contributed by atoms with Crippen LogP contribution in [0.25, 0.3) is 6.08 Å². The molecule has 2 aromatic carbocycles. The fourth-order valence-corrected chi connectivity index (χ4v) is 3.26. The van der Waals surface area contributed by atoms with Crippen LogP contribution >= 0.6 is 11.8 Å². The summed E-state index contributed by atoms with van der Waals surface area (Å²) >= 11 is 1.36. The Morgan fingerprint density at radius 2 is 1.92 bits per heavy atom. The molecule has 1 fully saturated rings. The first-order valence-corrected chi connectivity index (χ1v) is 8.97. The molecule has 0 unspecified atom stereocenters. The summed E-state index contributed by atoms with van der Waals surface area (Å²) in [7, 11) is 0. The quantitative estimate of drug-likeness (QED) is 0.819. The molecule has 0 spiro atoms. The molecule has 5 heteroatoms. The predicted molar refractivity (Wildman–Crippen MR) is 104 cm³/mol. The molecular weight excluding hydrogens is 332 g/mol. The monoisotopic (exact) mass is 352 g/mol. The van der Waals surface area contributed by atoms with Crippen molar-refractivity contribution in [1.29, 1.82) is 0 Å². The van der Waals surface area contributed by atoms with E-state index >= 15 is 0 Å². The van der Waals surface area contributed by atoms with Crippen molar-refractivity contribution >= 4 is 34.6 Å². The van der Waals surface area contributed by atoms with E-state index in [4.69, 9.17) is 4.74 Å². The van der Waals surface area contributed by atoms with Gasteiger partial charge in [-0.3, -0.25) is 4.79 Å². The second kappa shape index (κ2) is 7.57. The summed E-state index contributed by atoms with van der Waals surface area (Å²) in [6.45, 7) is 6.67. The largest absolute Gasteiger partial charge is 0.494 e. The van der Waals surface area contributed by atoms with Gasteiger partial charge in [-0.1, -0.05) is 24.3 Å². The van der Waals surface area contributed by atoms with Gasteiger partial charge < -0.3 is 10.1 Å². The third kappa shape index (κ3) is 4.12. The molecule has 1 aliphatic heterocycles. The van der Waals surface area contributed by atoms with Crippen molar-refractivity contribution in [3.05, 3.63) is 64.1 Å². The number of thioether (sulfide) groups is 1. The lowest BCUT2D eigenvalue weighted by atomic mass is 10.1. The average molecular weight is 352 g/mol. The highest BCUT2D eigenvalue weighted by Crippen LogP contribution is 2.30. The maximum atomic E-state index is 12.2. The molecule has 3 rings (SSSR count). The molecule has 25 heavy (non-hydrogen) atoms. The highest BCUT2D eigenvalue weighted by molar-refractivity contribution is 8.18. The third-order valence-electron chi connectivity index (χ3n) is 3.94.